The van der Waals surface area contributed by atoms with E-state index in [9.17, 15) is 27.6 Å². The van der Waals surface area contributed by atoms with Crippen LogP contribution in [0.1, 0.15) is 104 Å². The molecule has 338 valence electrons. The zero-order chi connectivity index (χ0) is 44.7. The van der Waals surface area contributed by atoms with Crippen LogP contribution in [0.2, 0.25) is 10.0 Å². The van der Waals surface area contributed by atoms with Crippen LogP contribution in [0, 0.1) is 25.7 Å². The molecule has 4 heterocycles. The van der Waals surface area contributed by atoms with E-state index in [0.29, 0.717) is 88.8 Å². The number of hydrogen-bond donors (Lipinski definition) is 2. The maximum absolute atomic E-state index is 13.4. The number of ether oxygens (including phenoxy) is 8. The number of benzene rings is 2. The quantitative estimate of drug-likeness (QED) is 0.202. The average Bonchev–Trinajstić information content (AvgIpc) is 3.78. The summed E-state index contributed by atoms with van der Waals surface area (Å²) in [4.78, 5) is 38.0. The largest absolute Gasteiger partial charge is 0.465 e. The maximum atomic E-state index is 13.4. The first-order valence-electron chi connectivity index (χ1n) is 20.1. The Labute approximate surface area is 367 Å². The molecule has 19 heteroatoms. The number of ketones is 1. The van der Waals surface area contributed by atoms with Gasteiger partial charge in [0.05, 0.1) is 67.4 Å². The van der Waals surface area contributed by atoms with Crippen LogP contribution in [0.4, 0.5) is 13.2 Å². The molecule has 4 aliphatic heterocycles. The summed E-state index contributed by atoms with van der Waals surface area (Å²) in [5.41, 5.74) is -0.00836. The Morgan fingerprint density at radius 3 is 1.44 bits per heavy atom. The second-order valence-electron chi connectivity index (χ2n) is 17.0. The van der Waals surface area contributed by atoms with Crippen molar-refractivity contribution in [2.45, 2.75) is 121 Å². The van der Waals surface area contributed by atoms with Crippen LogP contribution in [0.25, 0.3) is 0 Å². The van der Waals surface area contributed by atoms with Crippen molar-refractivity contribution in [3.8, 4) is 23.0 Å². The highest BCUT2D eigenvalue weighted by molar-refractivity contribution is 6.33. The number of fused-ring (bicyclic) bond motifs is 2. The summed E-state index contributed by atoms with van der Waals surface area (Å²) in [6.45, 7) is 9.95. The molecule has 61 heavy (non-hydrogen) atoms. The summed E-state index contributed by atoms with van der Waals surface area (Å²) in [7, 11) is 2.61. The number of carbonyl (C=O) groups is 3. The summed E-state index contributed by atoms with van der Waals surface area (Å²) in [6, 6.07) is 2.78. The van der Waals surface area contributed by atoms with Gasteiger partial charge in [0.2, 0.25) is 0 Å². The SMILES string of the molecule is CC1(NCl)COC1.COC(=O)c1cc(Cl)c2c(c1C)OC(C)(C1CCC(=O)CC1)O2.COC(=O)c1cc(Cl)c2c(c1C)OC(C)(C1CCC(NC3(C(F)(F)F)COC3)CC1)O2. The van der Waals surface area contributed by atoms with E-state index in [2.05, 4.69) is 10.2 Å². The van der Waals surface area contributed by atoms with E-state index in [0.717, 1.165) is 26.1 Å². The van der Waals surface area contributed by atoms with E-state index < -0.39 is 35.2 Å². The third kappa shape index (κ3) is 9.51. The minimum atomic E-state index is -4.35. The van der Waals surface area contributed by atoms with Crippen LogP contribution >= 0.6 is 35.0 Å². The predicted molar refractivity (Wildman–Crippen MR) is 218 cm³/mol. The van der Waals surface area contributed by atoms with Crippen molar-refractivity contribution >= 4 is 52.7 Å². The number of rotatable bonds is 7. The molecular formula is C42H52Cl3F3N2O11. The van der Waals surface area contributed by atoms with Gasteiger partial charge in [0, 0.05) is 55.7 Å². The molecule has 0 aromatic heterocycles. The smallest absolute Gasteiger partial charge is 0.411 e. The highest BCUT2D eigenvalue weighted by atomic mass is 35.5. The van der Waals surface area contributed by atoms with Gasteiger partial charge in [-0.05, 0) is 83.2 Å². The first-order valence-corrected chi connectivity index (χ1v) is 21.2. The molecule has 0 amide bonds. The summed E-state index contributed by atoms with van der Waals surface area (Å²) in [5, 5.41) is 3.36. The van der Waals surface area contributed by atoms with Crippen molar-refractivity contribution in [1.82, 2.24) is 10.2 Å². The van der Waals surface area contributed by atoms with Crippen LogP contribution in [-0.2, 0) is 23.7 Å². The fraction of sp³-hybridized carbons (Fsp3) is 0.643. The van der Waals surface area contributed by atoms with Crippen molar-refractivity contribution in [2.24, 2.45) is 11.8 Å². The van der Waals surface area contributed by atoms with Gasteiger partial charge >= 0.3 is 18.1 Å². The van der Waals surface area contributed by atoms with Crippen LogP contribution in [0.5, 0.6) is 23.0 Å². The summed E-state index contributed by atoms with van der Waals surface area (Å²) < 4.78 is 83.9. The van der Waals surface area contributed by atoms with Crippen LogP contribution in [0.3, 0.4) is 0 Å². The molecule has 0 spiro atoms. The highest BCUT2D eigenvalue weighted by Gasteiger charge is 2.61. The third-order valence-electron chi connectivity index (χ3n) is 12.5. The molecule has 2 atom stereocenters. The van der Waals surface area contributed by atoms with Crippen LogP contribution in [-0.4, -0.2) is 93.2 Å². The summed E-state index contributed by atoms with van der Waals surface area (Å²) in [5.74, 6) is -0.827. The van der Waals surface area contributed by atoms with Gasteiger partial charge in [-0.15, -0.1) is 0 Å². The molecule has 2 aliphatic carbocycles. The van der Waals surface area contributed by atoms with E-state index in [-0.39, 0.29) is 47.4 Å². The summed E-state index contributed by atoms with van der Waals surface area (Å²) in [6.07, 6.45) is 0.553. The first kappa shape index (κ1) is 47.2. The number of Topliss-reactive ketones (excluding diaryl/α,β-unsaturated/α-hetero) is 1. The number of hydrogen-bond acceptors (Lipinski definition) is 13. The monoisotopic (exact) mass is 922 g/mol. The maximum Gasteiger partial charge on any atom is 0.411 e. The highest BCUT2D eigenvalue weighted by Crippen LogP contribution is 2.53. The topological polar surface area (TPSA) is 149 Å². The van der Waals surface area contributed by atoms with E-state index in [1.807, 2.05) is 13.8 Å². The van der Waals surface area contributed by atoms with Crippen molar-refractivity contribution < 1.29 is 65.4 Å². The Balaban J connectivity index is 0.000000181. The van der Waals surface area contributed by atoms with Crippen molar-refractivity contribution in [3.63, 3.8) is 0 Å². The zero-order valence-corrected chi connectivity index (χ0v) is 37.4. The lowest BCUT2D eigenvalue weighted by molar-refractivity contribution is -0.271. The van der Waals surface area contributed by atoms with Crippen LogP contribution in [0.15, 0.2) is 12.1 Å². The van der Waals surface area contributed by atoms with E-state index in [4.69, 9.17) is 72.9 Å². The fourth-order valence-electron chi connectivity index (χ4n) is 8.38. The first-order chi connectivity index (χ1) is 28.6. The lowest BCUT2D eigenvalue weighted by Gasteiger charge is -2.47. The van der Waals surface area contributed by atoms with E-state index in [1.54, 1.807) is 26.8 Å². The molecule has 2 aromatic carbocycles. The van der Waals surface area contributed by atoms with Crippen molar-refractivity contribution in [1.29, 1.82) is 0 Å². The molecule has 2 aromatic rings. The van der Waals surface area contributed by atoms with E-state index >= 15 is 0 Å². The normalized spacial score (nSPS) is 27.0. The zero-order valence-electron chi connectivity index (χ0n) is 35.1. The molecule has 2 N–H and O–H groups in total. The number of esters is 2. The number of alkyl halides is 3. The van der Waals surface area contributed by atoms with Gasteiger partial charge in [-0.3, -0.25) is 10.1 Å². The van der Waals surface area contributed by atoms with Crippen LogP contribution < -0.4 is 29.1 Å². The van der Waals surface area contributed by atoms with Gasteiger partial charge in [-0.2, -0.15) is 13.2 Å². The van der Waals surface area contributed by atoms with Gasteiger partial charge in [-0.25, -0.2) is 14.4 Å². The summed E-state index contributed by atoms with van der Waals surface area (Å²) >= 11 is 17.9. The number of nitrogens with one attached hydrogen (secondary N) is 2. The Kier molecular flexibility index (Phi) is 14.0. The molecular weight excluding hydrogens is 872 g/mol. The Morgan fingerprint density at radius 2 is 1.11 bits per heavy atom. The minimum Gasteiger partial charge on any atom is -0.465 e. The second kappa shape index (κ2) is 18.1. The van der Waals surface area contributed by atoms with E-state index in [1.165, 1.54) is 20.3 Å². The van der Waals surface area contributed by atoms with Gasteiger partial charge in [-0.1, -0.05) is 23.2 Å². The van der Waals surface area contributed by atoms with Gasteiger partial charge in [0.1, 0.15) is 5.78 Å². The fourth-order valence-corrected chi connectivity index (χ4v) is 8.96. The van der Waals surface area contributed by atoms with Crippen molar-refractivity contribution in [2.75, 3.05) is 40.6 Å². The third-order valence-corrected chi connectivity index (χ3v) is 13.5. The lowest BCUT2D eigenvalue weighted by Crippen LogP contribution is -2.71. The second-order valence-corrected chi connectivity index (χ2v) is 18.0. The molecule has 8 rings (SSSR count). The molecule has 0 radical (unpaired) electrons. The molecule has 2 unspecified atom stereocenters. The Hall–Kier alpha value is -3.25. The standard InChI is InChI=1S/C21H25ClF3NO5.C17H19ClO5.C4H8ClNO/c1-11-14(18(27)28-3)8-15(22)17-16(11)30-19(2,31-17)12-4-6-13(7-5-12)26-20(9-29-10-20)21(23,24)25;1-9-12(16(20)21-3)8-13(18)15-14(9)22-17(2,23-15)10-4-6-11(19)7-5-10;1-4(6-5)2-7-3-4/h8,12-13,26H,4-7,9-10H2,1-3H3;8,10H,4-7H2,1-3H3;6H,2-3H2,1H3. The number of halogens is 6. The lowest BCUT2D eigenvalue weighted by atomic mass is 9.80. The predicted octanol–water partition coefficient (Wildman–Crippen LogP) is 8.60. The molecule has 13 nitrogen and oxygen atoms in total. The molecule has 2 saturated carbocycles. The molecule has 6 aliphatic rings. The molecule has 4 fully saturated rings. The van der Waals surface area contributed by atoms with Crippen molar-refractivity contribution in [3.05, 3.63) is 44.4 Å². The number of carbonyl (C=O) groups excluding carboxylic acids is 3. The van der Waals surface area contributed by atoms with Gasteiger partial charge < -0.3 is 37.9 Å². The minimum absolute atomic E-state index is 0.0468. The molecule has 0 bridgehead atoms. The number of methoxy groups -OCH3 is 2. The van der Waals surface area contributed by atoms with Gasteiger partial charge in [0.15, 0.2) is 28.5 Å². The Morgan fingerprint density at radius 1 is 0.705 bits per heavy atom. The molecule has 2 saturated heterocycles. The van der Waals surface area contributed by atoms with Gasteiger partial charge in [0.25, 0.3) is 11.6 Å². The average molecular weight is 924 g/mol. The Bertz CT molecular complexity index is 1990.